The fourth-order valence-corrected chi connectivity index (χ4v) is 2.59. The van der Waals surface area contributed by atoms with Crippen LogP contribution in [-0.2, 0) is 38.6 Å². The summed E-state index contributed by atoms with van der Waals surface area (Å²) >= 11 is 0. The Kier molecular flexibility index (Phi) is 6.11. The number of hydrogen-bond acceptors (Lipinski definition) is 6. The predicted molar refractivity (Wildman–Crippen MR) is 91.8 cm³/mol. The highest BCUT2D eigenvalue weighted by molar-refractivity contribution is 7.85. The number of carbonyl (C=O) groups is 1. The third-order valence-corrected chi connectivity index (χ3v) is 4.02. The second-order valence-corrected chi connectivity index (χ2v) is 7.12. The number of rotatable bonds is 7. The third-order valence-electron chi connectivity index (χ3n) is 3.47. The number of carbonyl (C=O) groups excluding carboxylic acids is 1. The van der Waals surface area contributed by atoms with E-state index in [-0.39, 0.29) is 12.2 Å². The van der Waals surface area contributed by atoms with Crippen molar-refractivity contribution in [1.29, 1.82) is 0 Å². The first-order valence-electron chi connectivity index (χ1n) is 7.49. The summed E-state index contributed by atoms with van der Waals surface area (Å²) in [7, 11) is -2.23. The van der Waals surface area contributed by atoms with Gasteiger partial charge in [0.25, 0.3) is 15.7 Å². The predicted octanol–water partition coefficient (Wildman–Crippen LogP) is 1.35. The molecule has 0 aliphatic heterocycles. The van der Waals surface area contributed by atoms with Crippen molar-refractivity contribution in [3.8, 4) is 0 Å². The van der Waals surface area contributed by atoms with E-state index in [0.29, 0.717) is 24.1 Å². The summed E-state index contributed by atoms with van der Waals surface area (Å²) in [6.07, 6.45) is 3.07. The topological polar surface area (TPSA) is 91.7 Å². The van der Waals surface area contributed by atoms with Gasteiger partial charge in [0.15, 0.2) is 0 Å². The Hall–Kier alpha value is -2.45. The van der Waals surface area contributed by atoms with Gasteiger partial charge in [-0.2, -0.15) is 8.42 Å². The highest BCUT2D eigenvalue weighted by Gasteiger charge is 2.07. The SMILES string of the molecule is COC(=O)c1cccc(CCn2cc(COS(C)(=O)=O)ccc2=O)c1. The molecule has 0 bridgehead atoms. The van der Waals surface area contributed by atoms with Crippen molar-refractivity contribution in [3.63, 3.8) is 0 Å². The number of benzene rings is 1. The van der Waals surface area contributed by atoms with Gasteiger partial charge < -0.3 is 9.30 Å². The molecule has 25 heavy (non-hydrogen) atoms. The zero-order valence-corrected chi connectivity index (χ0v) is 14.8. The molecule has 0 aliphatic rings. The summed E-state index contributed by atoms with van der Waals surface area (Å²) in [5.41, 5.74) is 1.70. The summed E-state index contributed by atoms with van der Waals surface area (Å²) in [5, 5.41) is 0. The van der Waals surface area contributed by atoms with Gasteiger partial charge in [0.1, 0.15) is 0 Å². The Bertz CT molecular complexity index is 917. The lowest BCUT2D eigenvalue weighted by molar-refractivity contribution is 0.0600. The van der Waals surface area contributed by atoms with Crippen molar-refractivity contribution in [2.45, 2.75) is 19.6 Å². The molecule has 0 saturated heterocycles. The van der Waals surface area contributed by atoms with Crippen LogP contribution in [0.2, 0.25) is 0 Å². The number of methoxy groups -OCH3 is 1. The Morgan fingerprint density at radius 3 is 2.60 bits per heavy atom. The van der Waals surface area contributed by atoms with Crippen molar-refractivity contribution in [2.24, 2.45) is 0 Å². The van der Waals surface area contributed by atoms with Gasteiger partial charge in [-0.05, 0) is 35.7 Å². The van der Waals surface area contributed by atoms with E-state index >= 15 is 0 Å². The van der Waals surface area contributed by atoms with Gasteiger partial charge >= 0.3 is 5.97 Å². The maximum absolute atomic E-state index is 11.9. The van der Waals surface area contributed by atoms with E-state index in [1.165, 1.54) is 23.8 Å². The molecule has 0 amide bonds. The molecule has 7 nitrogen and oxygen atoms in total. The average Bonchev–Trinajstić information content (AvgIpc) is 2.58. The van der Waals surface area contributed by atoms with Crippen LogP contribution in [0.1, 0.15) is 21.5 Å². The van der Waals surface area contributed by atoms with E-state index < -0.39 is 16.1 Å². The molecule has 0 atom stereocenters. The van der Waals surface area contributed by atoms with Crippen LogP contribution in [0.25, 0.3) is 0 Å². The molecular formula is C17H19NO6S. The lowest BCUT2D eigenvalue weighted by Crippen LogP contribution is -2.20. The number of ether oxygens (including phenoxy) is 1. The molecule has 1 heterocycles. The summed E-state index contributed by atoms with van der Waals surface area (Å²) in [6.45, 7) is 0.257. The quantitative estimate of drug-likeness (QED) is 0.543. The number of hydrogen-bond donors (Lipinski definition) is 0. The van der Waals surface area contributed by atoms with E-state index in [0.717, 1.165) is 11.8 Å². The Morgan fingerprint density at radius 1 is 1.16 bits per heavy atom. The maximum Gasteiger partial charge on any atom is 0.337 e. The number of aromatic nitrogens is 1. The first-order chi connectivity index (χ1) is 11.8. The second kappa shape index (κ2) is 8.09. The molecule has 8 heteroatoms. The lowest BCUT2D eigenvalue weighted by atomic mass is 10.1. The normalized spacial score (nSPS) is 11.3. The molecule has 0 saturated carbocycles. The van der Waals surface area contributed by atoms with Gasteiger partial charge in [-0.15, -0.1) is 0 Å². The molecule has 1 aromatic heterocycles. The Balaban J connectivity index is 2.10. The minimum absolute atomic E-state index is 0.128. The van der Waals surface area contributed by atoms with E-state index in [1.807, 2.05) is 6.07 Å². The number of nitrogens with zero attached hydrogens (tertiary/aromatic N) is 1. The zero-order valence-electron chi connectivity index (χ0n) is 14.0. The van der Waals surface area contributed by atoms with Crippen LogP contribution in [0.15, 0.2) is 47.4 Å². The first-order valence-corrected chi connectivity index (χ1v) is 9.31. The van der Waals surface area contributed by atoms with Gasteiger partial charge in [0.2, 0.25) is 0 Å². The Morgan fingerprint density at radius 2 is 1.92 bits per heavy atom. The van der Waals surface area contributed by atoms with E-state index in [1.54, 1.807) is 24.4 Å². The minimum atomic E-state index is -3.55. The Labute approximate surface area is 145 Å². The number of pyridine rings is 1. The number of esters is 1. The molecule has 0 aliphatic carbocycles. The van der Waals surface area contributed by atoms with Crippen LogP contribution in [0.4, 0.5) is 0 Å². The zero-order chi connectivity index (χ0) is 18.4. The fourth-order valence-electron chi connectivity index (χ4n) is 2.24. The van der Waals surface area contributed by atoms with Crippen molar-refractivity contribution in [2.75, 3.05) is 13.4 Å². The van der Waals surface area contributed by atoms with Gasteiger partial charge in [0, 0.05) is 18.8 Å². The smallest absolute Gasteiger partial charge is 0.337 e. The molecule has 0 radical (unpaired) electrons. The van der Waals surface area contributed by atoms with E-state index in [4.69, 9.17) is 4.18 Å². The standard InChI is InChI=1S/C17H19NO6S/c1-23-17(20)15-5-3-4-13(10-15)8-9-18-11-14(6-7-16(18)19)12-24-25(2,21)22/h3-7,10-11H,8-9,12H2,1-2H3. The molecule has 0 spiro atoms. The molecule has 1 aromatic carbocycles. The molecule has 0 unspecified atom stereocenters. The van der Waals surface area contributed by atoms with Gasteiger partial charge in [-0.1, -0.05) is 12.1 Å². The molecule has 134 valence electrons. The summed E-state index contributed by atoms with van der Waals surface area (Å²) in [4.78, 5) is 23.5. The third kappa shape index (κ3) is 5.84. The molecule has 0 N–H and O–H groups in total. The monoisotopic (exact) mass is 365 g/mol. The van der Waals surface area contributed by atoms with Crippen molar-refractivity contribution < 1.29 is 22.1 Å². The van der Waals surface area contributed by atoms with Crippen LogP contribution < -0.4 is 5.56 Å². The van der Waals surface area contributed by atoms with Crippen molar-refractivity contribution >= 4 is 16.1 Å². The molecule has 2 rings (SSSR count). The second-order valence-electron chi connectivity index (χ2n) is 5.48. The van der Waals surface area contributed by atoms with Gasteiger partial charge in [0.05, 0.1) is 25.5 Å². The lowest BCUT2D eigenvalue weighted by Gasteiger charge is -2.09. The summed E-state index contributed by atoms with van der Waals surface area (Å²) < 4.78 is 33.0. The van der Waals surface area contributed by atoms with E-state index in [9.17, 15) is 18.0 Å². The highest BCUT2D eigenvalue weighted by Crippen LogP contribution is 2.09. The summed E-state index contributed by atoms with van der Waals surface area (Å²) in [5.74, 6) is -0.418. The highest BCUT2D eigenvalue weighted by atomic mass is 32.2. The molecule has 2 aromatic rings. The van der Waals surface area contributed by atoms with Crippen LogP contribution in [0, 0.1) is 0 Å². The van der Waals surface area contributed by atoms with Crippen molar-refractivity contribution in [3.05, 3.63) is 69.6 Å². The summed E-state index contributed by atoms with van der Waals surface area (Å²) in [6, 6.07) is 9.88. The fraction of sp³-hybridized carbons (Fsp3) is 0.294. The number of aryl methyl sites for hydroxylation is 2. The molecular weight excluding hydrogens is 346 g/mol. The van der Waals surface area contributed by atoms with E-state index in [2.05, 4.69) is 4.74 Å². The molecule has 0 fully saturated rings. The largest absolute Gasteiger partial charge is 0.465 e. The minimum Gasteiger partial charge on any atom is -0.465 e. The first kappa shape index (κ1) is 18.9. The van der Waals surface area contributed by atoms with Crippen LogP contribution in [0.3, 0.4) is 0 Å². The van der Waals surface area contributed by atoms with Gasteiger partial charge in [-0.25, -0.2) is 4.79 Å². The van der Waals surface area contributed by atoms with Crippen molar-refractivity contribution in [1.82, 2.24) is 4.57 Å². The van der Waals surface area contributed by atoms with Crippen LogP contribution >= 0.6 is 0 Å². The van der Waals surface area contributed by atoms with Crippen LogP contribution in [-0.4, -0.2) is 32.3 Å². The maximum atomic E-state index is 11.9. The van der Waals surface area contributed by atoms with Crippen LogP contribution in [0.5, 0.6) is 0 Å². The van der Waals surface area contributed by atoms with Gasteiger partial charge in [-0.3, -0.25) is 8.98 Å². The average molecular weight is 365 g/mol.